The van der Waals surface area contributed by atoms with Crippen LogP contribution in [0.25, 0.3) is 10.4 Å². The van der Waals surface area contributed by atoms with Crippen LogP contribution in [0.15, 0.2) is 89.4 Å². The van der Waals surface area contributed by atoms with Crippen LogP contribution in [0.4, 0.5) is 28.8 Å². The van der Waals surface area contributed by atoms with Gasteiger partial charge in [-0.15, -0.1) is 11.3 Å². The van der Waals surface area contributed by atoms with Crippen molar-refractivity contribution in [1.82, 2.24) is 45.4 Å². The van der Waals surface area contributed by atoms with E-state index in [1.54, 1.807) is 68.1 Å². The molecule has 420 valence electrons. The van der Waals surface area contributed by atoms with Gasteiger partial charge in [0.2, 0.25) is 39.6 Å². The van der Waals surface area contributed by atoms with E-state index in [0.717, 1.165) is 51.7 Å². The first-order chi connectivity index (χ1) is 37.0. The second kappa shape index (κ2) is 26.4. The first-order valence-corrected chi connectivity index (χ1v) is 28.4. The number of hydrogen-bond acceptors (Lipinski definition) is 17. The number of piperazine rings is 1. The van der Waals surface area contributed by atoms with Crippen LogP contribution < -0.4 is 36.2 Å². The molecule has 2 aliphatic rings. The van der Waals surface area contributed by atoms with E-state index in [4.69, 9.17) is 9.47 Å². The molecule has 4 heterocycles. The summed E-state index contributed by atoms with van der Waals surface area (Å²) in [5.74, 6) is -0.555. The lowest BCUT2D eigenvalue weighted by Gasteiger charge is -2.35. The van der Waals surface area contributed by atoms with E-state index in [9.17, 15) is 32.7 Å². The van der Waals surface area contributed by atoms with E-state index in [-0.39, 0.29) is 69.2 Å². The number of aliphatic hydroxyl groups is 1. The van der Waals surface area contributed by atoms with E-state index in [1.807, 2.05) is 83.1 Å². The Balaban J connectivity index is 0.757. The zero-order chi connectivity index (χ0) is 56.2. The fourth-order valence-electron chi connectivity index (χ4n) is 8.91. The Hall–Kier alpha value is -6.60. The Morgan fingerprint density at radius 2 is 1.55 bits per heavy atom. The molecule has 0 bridgehead atoms. The lowest BCUT2D eigenvalue weighted by molar-refractivity contribution is -0.144. The maximum atomic E-state index is 14.0. The van der Waals surface area contributed by atoms with Gasteiger partial charge in [0, 0.05) is 86.6 Å². The van der Waals surface area contributed by atoms with Gasteiger partial charge in [0.15, 0.2) is 0 Å². The number of aryl methyl sites for hydroxylation is 2. The highest BCUT2D eigenvalue weighted by molar-refractivity contribution is 7.89. The van der Waals surface area contributed by atoms with E-state index >= 15 is 0 Å². The molecular weight excluding hydrogens is 1040 g/mol. The van der Waals surface area contributed by atoms with Crippen molar-refractivity contribution in [2.75, 3.05) is 87.8 Å². The summed E-state index contributed by atoms with van der Waals surface area (Å²) in [6.45, 7) is 18.6. The number of nitrogens with zero attached hydrogens (tertiary/aromatic N) is 6. The van der Waals surface area contributed by atoms with Crippen molar-refractivity contribution in [2.24, 2.45) is 5.41 Å². The molecule has 0 unspecified atom stereocenters. The quantitative estimate of drug-likeness (QED) is 0.0431. The van der Waals surface area contributed by atoms with Crippen LogP contribution in [0.1, 0.15) is 64.8 Å². The minimum Gasteiger partial charge on any atom is -0.391 e. The summed E-state index contributed by atoms with van der Waals surface area (Å²) in [5.41, 5.74) is 6.53. The Bertz CT molecular complexity index is 2960. The van der Waals surface area contributed by atoms with Crippen LogP contribution in [0.3, 0.4) is 0 Å². The average molecular weight is 1110 g/mol. The number of carbonyl (C=O) groups is 4. The number of anilines is 5. The summed E-state index contributed by atoms with van der Waals surface area (Å²) in [5, 5.41) is 25.7. The number of likely N-dealkylation sites (tertiary alicyclic amines) is 1. The molecule has 23 heteroatoms. The summed E-state index contributed by atoms with van der Waals surface area (Å²) in [4.78, 5) is 73.6. The number of hydrogen-bond donors (Lipinski definition) is 7. The van der Waals surface area contributed by atoms with E-state index < -0.39 is 51.0 Å². The molecule has 3 aromatic carbocycles. The summed E-state index contributed by atoms with van der Waals surface area (Å²) in [6.07, 6.45) is 0.888. The summed E-state index contributed by atoms with van der Waals surface area (Å²) >= 11 is 1.57. The highest BCUT2D eigenvalue weighted by atomic mass is 32.2. The molecule has 7 rings (SSSR count). The van der Waals surface area contributed by atoms with Crippen molar-refractivity contribution in [3.05, 3.63) is 101 Å². The lowest BCUT2D eigenvalue weighted by atomic mass is 9.85. The highest BCUT2D eigenvalue weighted by Crippen LogP contribution is 2.30. The minimum atomic E-state index is -3.72. The van der Waals surface area contributed by atoms with Crippen LogP contribution in [-0.4, -0.2) is 158 Å². The van der Waals surface area contributed by atoms with Gasteiger partial charge < -0.3 is 51.0 Å². The SMILES string of the molecule is Cc1cnc(Nc2ccc(N3CCN(CC(=O)NCCOCCOCC(=O)N[C@H](C(=O)N4C[C@H](O)C[C@H]4C(=O)NCc4ccc(-c5scnc5C)cc4)C(C)(C)C)CC3)cc2)nc1Nc1cccc(S(=O)(=O)NC(C)(C)C)c1. The lowest BCUT2D eigenvalue weighted by Crippen LogP contribution is -2.58. The first-order valence-electron chi connectivity index (χ1n) is 26.1. The van der Waals surface area contributed by atoms with Gasteiger partial charge in [0.1, 0.15) is 24.5 Å². The molecule has 7 N–H and O–H groups in total. The largest absolute Gasteiger partial charge is 0.391 e. The molecule has 0 radical (unpaired) electrons. The third-order valence-corrected chi connectivity index (χ3v) is 15.7. The van der Waals surface area contributed by atoms with Crippen LogP contribution in [0, 0.1) is 19.3 Å². The summed E-state index contributed by atoms with van der Waals surface area (Å²) in [7, 11) is -3.72. The molecule has 5 aromatic rings. The van der Waals surface area contributed by atoms with Gasteiger partial charge in [-0.05, 0) is 93.6 Å². The van der Waals surface area contributed by atoms with E-state index in [1.165, 1.54) is 4.90 Å². The van der Waals surface area contributed by atoms with Crippen LogP contribution in [0.2, 0.25) is 0 Å². The third kappa shape index (κ3) is 17.0. The van der Waals surface area contributed by atoms with Crippen LogP contribution >= 0.6 is 11.3 Å². The number of aromatic nitrogens is 3. The Labute approximate surface area is 461 Å². The van der Waals surface area contributed by atoms with Gasteiger partial charge in [0.25, 0.3) is 0 Å². The van der Waals surface area contributed by atoms with E-state index in [0.29, 0.717) is 37.1 Å². The van der Waals surface area contributed by atoms with Gasteiger partial charge in [0.05, 0.1) is 53.4 Å². The fraction of sp³-hybridized carbons (Fsp3) is 0.473. The standard InChI is InChI=1S/C55H74N12O9S2/c1-36-30-58-53(63-50(36)60-41-10-9-11-44(28-41)78(73,74)64-55(6,7)8)61-40-16-18-42(19-17-40)66-23-21-65(22-24-66)33-46(69)56-20-25-75-26-27-76-34-47(70)62-49(54(3,4)5)52(72)67-32-43(68)29-45(67)51(71)57-31-38-12-14-39(15-13-38)48-37(2)59-35-77-48/h9-19,28,30,35,43,45,49,64,68H,20-27,29,31-34H2,1-8H3,(H,56,69)(H,57,71)(H,62,70)(H2,58,60,61,63)/t43-,45+,49-/m1/s1. The topological polar surface area (TPSA) is 262 Å². The maximum absolute atomic E-state index is 14.0. The molecule has 0 aliphatic carbocycles. The number of benzene rings is 3. The molecule has 78 heavy (non-hydrogen) atoms. The van der Waals surface area contributed by atoms with Crippen molar-refractivity contribution in [3.8, 4) is 10.4 Å². The monoisotopic (exact) mass is 1110 g/mol. The summed E-state index contributed by atoms with van der Waals surface area (Å²) < 4.78 is 39.7. The zero-order valence-electron chi connectivity index (χ0n) is 45.7. The average Bonchev–Trinajstić information content (AvgIpc) is 4.01. The second-order valence-corrected chi connectivity index (χ2v) is 24.2. The van der Waals surface area contributed by atoms with Gasteiger partial charge in [-0.3, -0.25) is 24.1 Å². The molecule has 3 atom stereocenters. The molecular formula is C55H74N12O9S2. The first kappa shape index (κ1) is 59.1. The maximum Gasteiger partial charge on any atom is 0.246 e. The van der Waals surface area contributed by atoms with Crippen LogP contribution in [0.5, 0.6) is 0 Å². The fourth-order valence-corrected chi connectivity index (χ4v) is 11.2. The molecule has 4 amide bonds. The number of sulfonamides is 1. The smallest absolute Gasteiger partial charge is 0.246 e. The van der Waals surface area contributed by atoms with Gasteiger partial charge >= 0.3 is 0 Å². The summed E-state index contributed by atoms with van der Waals surface area (Å²) in [6, 6.07) is 20.5. The Kier molecular flexibility index (Phi) is 20.0. The number of thiazole rings is 1. The van der Waals surface area contributed by atoms with E-state index in [2.05, 4.69) is 56.1 Å². The molecule has 2 fully saturated rings. The predicted molar refractivity (Wildman–Crippen MR) is 301 cm³/mol. The molecule has 21 nitrogen and oxygen atoms in total. The molecule has 2 aliphatic heterocycles. The van der Waals surface area contributed by atoms with Crippen molar-refractivity contribution in [1.29, 1.82) is 0 Å². The van der Waals surface area contributed by atoms with Crippen molar-refractivity contribution in [2.45, 2.75) is 97.0 Å². The highest BCUT2D eigenvalue weighted by Gasteiger charge is 2.44. The number of carbonyl (C=O) groups excluding carboxylic acids is 4. The molecule has 0 spiro atoms. The van der Waals surface area contributed by atoms with Crippen molar-refractivity contribution in [3.63, 3.8) is 0 Å². The van der Waals surface area contributed by atoms with Gasteiger partial charge in [-0.1, -0.05) is 51.1 Å². The number of β-amino-alcohol motifs (C(OH)–C–C–N with tert-alkyl or cyclic N) is 1. The molecule has 2 aromatic heterocycles. The Morgan fingerprint density at radius 1 is 0.833 bits per heavy atom. The molecule has 0 saturated carbocycles. The van der Waals surface area contributed by atoms with Crippen molar-refractivity contribution >= 4 is 73.8 Å². The molecule has 2 saturated heterocycles. The number of rotatable bonds is 23. The number of nitrogens with one attached hydrogen (secondary N) is 6. The van der Waals surface area contributed by atoms with Gasteiger partial charge in [-0.2, -0.15) is 4.98 Å². The van der Waals surface area contributed by atoms with Gasteiger partial charge in [-0.25, -0.2) is 23.1 Å². The normalized spacial score (nSPS) is 16.6. The Morgan fingerprint density at radius 3 is 2.23 bits per heavy atom. The minimum absolute atomic E-state index is 0.0329. The number of ether oxygens (including phenoxy) is 2. The second-order valence-electron chi connectivity index (χ2n) is 21.6. The number of aliphatic hydroxyl groups excluding tert-OH is 1. The third-order valence-electron chi connectivity index (χ3n) is 12.9. The number of amides is 4. The predicted octanol–water partition coefficient (Wildman–Crippen LogP) is 4.86. The van der Waals surface area contributed by atoms with Crippen LogP contribution in [-0.2, 0) is 45.2 Å². The van der Waals surface area contributed by atoms with Crippen molar-refractivity contribution < 1.29 is 42.2 Å². The zero-order valence-corrected chi connectivity index (χ0v) is 47.4.